The van der Waals surface area contributed by atoms with Crippen LogP contribution in [-0.2, 0) is 26.2 Å². The molecule has 0 N–H and O–H groups in total. The van der Waals surface area contributed by atoms with Gasteiger partial charge in [-0.3, -0.25) is 0 Å². The van der Waals surface area contributed by atoms with Gasteiger partial charge in [0.05, 0.1) is 0 Å². The summed E-state index contributed by atoms with van der Waals surface area (Å²) in [6.45, 7) is 0. The third-order valence-electron chi connectivity index (χ3n) is 3.10. The molecular formula is C19H17BrZr. The van der Waals surface area contributed by atoms with Crippen molar-refractivity contribution >= 4 is 21.5 Å². The van der Waals surface area contributed by atoms with Gasteiger partial charge in [0, 0.05) is 0 Å². The predicted octanol–water partition coefficient (Wildman–Crippen LogP) is 2.57. The normalized spacial score (nSPS) is 8.76. The van der Waals surface area contributed by atoms with E-state index < -0.39 is 0 Å². The van der Waals surface area contributed by atoms with Crippen LogP contribution in [0.5, 0.6) is 0 Å². The van der Waals surface area contributed by atoms with E-state index in [0.717, 1.165) is 0 Å². The molecule has 0 spiro atoms. The number of hydrogen-bond donors (Lipinski definition) is 0. The van der Waals surface area contributed by atoms with Gasteiger partial charge in [0.1, 0.15) is 0 Å². The van der Waals surface area contributed by atoms with Crippen molar-refractivity contribution in [1.82, 2.24) is 0 Å². The van der Waals surface area contributed by atoms with E-state index in [1.165, 1.54) is 21.5 Å². The molecule has 0 atom stereocenters. The summed E-state index contributed by atoms with van der Waals surface area (Å²) in [5, 5.41) is 5.32. The minimum absolute atomic E-state index is 0. The molecule has 21 heavy (non-hydrogen) atoms. The second-order valence-electron chi connectivity index (χ2n) is 4.31. The molecule has 0 bridgehead atoms. The van der Waals surface area contributed by atoms with E-state index >= 15 is 0 Å². The SMILES string of the molecule is [Br-].[CH3-].[Zr+4].c1ccc2[cH-]ccc2c1.c1ccc2[cH-]ccc2c1. The molecule has 104 valence electrons. The Morgan fingerprint density at radius 3 is 1.33 bits per heavy atom. The minimum atomic E-state index is 0. The summed E-state index contributed by atoms with van der Waals surface area (Å²) in [6, 6.07) is 29.3. The van der Waals surface area contributed by atoms with Crippen LogP contribution >= 0.6 is 0 Å². The maximum atomic E-state index is 2.12. The number of rotatable bonds is 0. The topological polar surface area (TPSA) is 0 Å². The smallest absolute Gasteiger partial charge is 1.00 e. The van der Waals surface area contributed by atoms with Gasteiger partial charge in [0.15, 0.2) is 0 Å². The van der Waals surface area contributed by atoms with E-state index in [-0.39, 0.29) is 50.6 Å². The van der Waals surface area contributed by atoms with Crippen LogP contribution in [0.4, 0.5) is 0 Å². The van der Waals surface area contributed by atoms with Gasteiger partial charge < -0.3 is 24.4 Å². The van der Waals surface area contributed by atoms with Crippen molar-refractivity contribution in [2.24, 2.45) is 0 Å². The molecule has 0 radical (unpaired) electrons. The van der Waals surface area contributed by atoms with E-state index in [4.69, 9.17) is 0 Å². The molecule has 4 aromatic carbocycles. The molecule has 4 aromatic rings. The van der Waals surface area contributed by atoms with Crippen LogP contribution in [0.15, 0.2) is 84.9 Å². The van der Waals surface area contributed by atoms with Crippen LogP contribution in [0.1, 0.15) is 0 Å². The zero-order chi connectivity index (χ0) is 12.2. The molecular weight excluding hydrogens is 399 g/mol. The molecule has 0 aliphatic rings. The number of fused-ring (bicyclic) bond motifs is 2. The van der Waals surface area contributed by atoms with Gasteiger partial charge in [-0.1, -0.05) is 12.1 Å². The molecule has 0 aromatic heterocycles. The first kappa shape index (κ1) is 20.0. The Labute approximate surface area is 156 Å². The average Bonchev–Trinajstić information content (AvgIpc) is 3.08. The molecule has 0 aliphatic carbocycles. The van der Waals surface area contributed by atoms with E-state index in [9.17, 15) is 0 Å². The number of hydrogen-bond acceptors (Lipinski definition) is 0. The van der Waals surface area contributed by atoms with Crippen molar-refractivity contribution in [1.29, 1.82) is 0 Å². The van der Waals surface area contributed by atoms with E-state index in [2.05, 4.69) is 84.9 Å². The molecule has 2 heteroatoms. The number of halogens is 1. The van der Waals surface area contributed by atoms with Crippen LogP contribution in [0, 0.1) is 7.43 Å². The fourth-order valence-electron chi connectivity index (χ4n) is 2.14. The third kappa shape index (κ3) is 5.06. The summed E-state index contributed by atoms with van der Waals surface area (Å²) in [5.41, 5.74) is 0. The fraction of sp³-hybridized carbons (Fsp3) is 0. The first-order valence-corrected chi connectivity index (χ1v) is 6.14. The molecule has 0 nitrogen and oxygen atoms in total. The quantitative estimate of drug-likeness (QED) is 0.387. The Bertz CT molecular complexity index is 626. The zero-order valence-electron chi connectivity index (χ0n) is 12.0. The fourth-order valence-corrected chi connectivity index (χ4v) is 2.14. The Kier molecular flexibility index (Phi) is 9.41. The minimum Gasteiger partial charge on any atom is -1.00 e. The summed E-state index contributed by atoms with van der Waals surface area (Å²) >= 11 is 0. The van der Waals surface area contributed by atoms with Gasteiger partial charge >= 0.3 is 26.2 Å². The van der Waals surface area contributed by atoms with Crippen LogP contribution in [-0.4, -0.2) is 0 Å². The largest absolute Gasteiger partial charge is 4.00 e. The molecule has 0 heterocycles. The zero-order valence-corrected chi connectivity index (χ0v) is 16.0. The maximum absolute atomic E-state index is 2.12. The van der Waals surface area contributed by atoms with Gasteiger partial charge in [0.25, 0.3) is 0 Å². The molecule has 0 fully saturated rings. The second-order valence-corrected chi connectivity index (χ2v) is 4.31. The Morgan fingerprint density at radius 2 is 0.952 bits per heavy atom. The van der Waals surface area contributed by atoms with E-state index in [1.807, 2.05) is 0 Å². The predicted molar refractivity (Wildman–Crippen MR) is 85.5 cm³/mol. The molecule has 0 unspecified atom stereocenters. The van der Waals surface area contributed by atoms with Gasteiger partial charge in [-0.05, 0) is 0 Å². The van der Waals surface area contributed by atoms with Gasteiger partial charge in [-0.15, -0.1) is 59.3 Å². The number of benzene rings is 2. The summed E-state index contributed by atoms with van der Waals surface area (Å²) in [5.74, 6) is 0. The molecule has 0 amide bonds. The summed E-state index contributed by atoms with van der Waals surface area (Å²) < 4.78 is 0. The first-order chi connectivity index (χ1) is 8.93. The van der Waals surface area contributed by atoms with Crippen LogP contribution in [0.25, 0.3) is 21.5 Å². The third-order valence-corrected chi connectivity index (χ3v) is 3.10. The van der Waals surface area contributed by atoms with Gasteiger partial charge in [-0.25, -0.2) is 0 Å². The van der Waals surface area contributed by atoms with Crippen LogP contribution in [0.3, 0.4) is 0 Å². The molecule has 4 rings (SSSR count). The van der Waals surface area contributed by atoms with Gasteiger partial charge in [0.2, 0.25) is 0 Å². The Morgan fingerprint density at radius 1 is 0.571 bits per heavy atom. The Hall–Kier alpha value is -0.977. The molecule has 0 saturated heterocycles. The van der Waals surface area contributed by atoms with Crippen molar-refractivity contribution in [3.05, 3.63) is 92.4 Å². The van der Waals surface area contributed by atoms with Crippen molar-refractivity contribution in [2.75, 3.05) is 0 Å². The monoisotopic (exact) mass is 414 g/mol. The molecule has 0 aliphatic heterocycles. The van der Waals surface area contributed by atoms with Crippen molar-refractivity contribution in [2.45, 2.75) is 0 Å². The second kappa shape index (κ2) is 9.87. The average molecular weight is 416 g/mol. The van der Waals surface area contributed by atoms with Crippen molar-refractivity contribution in [3.8, 4) is 0 Å². The summed E-state index contributed by atoms with van der Waals surface area (Å²) in [6.07, 6.45) is 0. The van der Waals surface area contributed by atoms with Gasteiger partial charge in [-0.2, -0.15) is 35.0 Å². The maximum Gasteiger partial charge on any atom is 4.00 e. The first-order valence-electron chi connectivity index (χ1n) is 6.14. The van der Waals surface area contributed by atoms with E-state index in [0.29, 0.717) is 0 Å². The summed E-state index contributed by atoms with van der Waals surface area (Å²) in [4.78, 5) is 0. The summed E-state index contributed by atoms with van der Waals surface area (Å²) in [7, 11) is 0. The Balaban J connectivity index is 0.000000333. The van der Waals surface area contributed by atoms with Crippen LogP contribution in [0.2, 0.25) is 0 Å². The van der Waals surface area contributed by atoms with Crippen molar-refractivity contribution < 1.29 is 43.2 Å². The van der Waals surface area contributed by atoms with Crippen molar-refractivity contribution in [3.63, 3.8) is 0 Å². The standard InChI is InChI=1S/2C9H7.CH3.BrH.Zr/c2*1-2-5-9-7-3-6-8(9)4-1;;;/h2*1-7H;1H3;1H;/q3*-1;;+4/p-1. The molecule has 0 saturated carbocycles. The van der Waals surface area contributed by atoms with E-state index in [1.54, 1.807) is 0 Å². The van der Waals surface area contributed by atoms with Crippen LogP contribution < -0.4 is 17.0 Å².